The van der Waals surface area contributed by atoms with Gasteiger partial charge in [-0.2, -0.15) is 0 Å². The van der Waals surface area contributed by atoms with Gasteiger partial charge < -0.3 is 15.2 Å². The number of benzene rings is 2. The van der Waals surface area contributed by atoms with Crippen LogP contribution < -0.4 is 10.1 Å². The Kier molecular flexibility index (Phi) is 6.37. The smallest absolute Gasteiger partial charge is 0.335 e. The van der Waals surface area contributed by atoms with Crippen molar-refractivity contribution in [1.29, 1.82) is 0 Å². The highest BCUT2D eigenvalue weighted by Crippen LogP contribution is 2.17. The molecule has 2 rings (SSSR count). The van der Waals surface area contributed by atoms with E-state index in [1.807, 2.05) is 37.3 Å². The van der Waals surface area contributed by atoms with E-state index in [1.165, 1.54) is 0 Å². The molecule has 0 radical (unpaired) electrons. The molecule has 0 spiro atoms. The van der Waals surface area contributed by atoms with Gasteiger partial charge in [0.05, 0.1) is 5.56 Å². The third-order valence-corrected chi connectivity index (χ3v) is 3.62. The number of para-hydroxylation sites is 1. The van der Waals surface area contributed by atoms with Gasteiger partial charge in [0.25, 0.3) is 5.91 Å². The van der Waals surface area contributed by atoms with Crippen LogP contribution >= 0.6 is 0 Å². The van der Waals surface area contributed by atoms with Crippen molar-refractivity contribution in [1.82, 2.24) is 5.32 Å². The molecular formula is C19H21NO4. The quantitative estimate of drug-likeness (QED) is 0.781. The predicted octanol–water partition coefficient (Wildman–Crippen LogP) is 2.68. The molecule has 5 heteroatoms. The summed E-state index contributed by atoms with van der Waals surface area (Å²) < 4.78 is 5.55. The van der Waals surface area contributed by atoms with Crippen LogP contribution in [-0.4, -0.2) is 30.1 Å². The second-order valence-electron chi connectivity index (χ2n) is 5.36. The Balaban J connectivity index is 1.77. The maximum atomic E-state index is 11.9. The lowest BCUT2D eigenvalue weighted by Gasteiger charge is -2.10. The first kappa shape index (κ1) is 17.5. The largest absolute Gasteiger partial charge is 0.483 e. The minimum absolute atomic E-state index is 0.0355. The number of carbonyl (C=O) groups excluding carboxylic acids is 1. The molecule has 0 unspecified atom stereocenters. The van der Waals surface area contributed by atoms with Gasteiger partial charge in [-0.1, -0.05) is 37.3 Å². The number of aromatic carboxylic acids is 1. The summed E-state index contributed by atoms with van der Waals surface area (Å²) >= 11 is 0. The number of ether oxygens (including phenoxy) is 1. The molecule has 0 aliphatic rings. The molecule has 126 valence electrons. The van der Waals surface area contributed by atoms with Crippen molar-refractivity contribution < 1.29 is 19.4 Å². The maximum Gasteiger partial charge on any atom is 0.335 e. The van der Waals surface area contributed by atoms with E-state index in [-0.39, 0.29) is 18.1 Å². The summed E-state index contributed by atoms with van der Waals surface area (Å²) in [5.74, 6) is -0.427. The van der Waals surface area contributed by atoms with Crippen molar-refractivity contribution in [2.24, 2.45) is 0 Å². The minimum Gasteiger partial charge on any atom is -0.483 e. The van der Waals surface area contributed by atoms with E-state index in [0.29, 0.717) is 13.0 Å². The number of carboxylic acids is 1. The van der Waals surface area contributed by atoms with E-state index in [1.54, 1.807) is 18.2 Å². The molecule has 0 aromatic heterocycles. The number of aryl methyl sites for hydroxylation is 1. The number of carbonyl (C=O) groups is 2. The second-order valence-corrected chi connectivity index (χ2v) is 5.36. The molecule has 2 aromatic carbocycles. The molecule has 0 aliphatic heterocycles. The highest BCUT2D eigenvalue weighted by Gasteiger charge is 2.06. The number of hydrogen-bond donors (Lipinski definition) is 2. The van der Waals surface area contributed by atoms with Crippen LogP contribution in [0.1, 0.15) is 28.4 Å². The summed E-state index contributed by atoms with van der Waals surface area (Å²) in [5.41, 5.74) is 2.18. The van der Waals surface area contributed by atoms with Crippen LogP contribution in [0.15, 0.2) is 48.5 Å². The summed E-state index contributed by atoms with van der Waals surface area (Å²) in [5, 5.41) is 11.7. The average Bonchev–Trinajstić information content (AvgIpc) is 2.60. The number of rotatable bonds is 8. The van der Waals surface area contributed by atoms with E-state index < -0.39 is 5.97 Å². The van der Waals surface area contributed by atoms with Gasteiger partial charge in [-0.3, -0.25) is 4.79 Å². The first-order chi connectivity index (χ1) is 11.6. The zero-order chi connectivity index (χ0) is 17.4. The fourth-order valence-corrected chi connectivity index (χ4v) is 2.34. The molecule has 24 heavy (non-hydrogen) atoms. The predicted molar refractivity (Wildman–Crippen MR) is 91.4 cm³/mol. The van der Waals surface area contributed by atoms with Gasteiger partial charge in [0, 0.05) is 6.54 Å². The Morgan fingerprint density at radius 3 is 2.67 bits per heavy atom. The lowest BCUT2D eigenvalue weighted by Crippen LogP contribution is -2.30. The van der Waals surface area contributed by atoms with Crippen LogP contribution in [0.2, 0.25) is 0 Å². The van der Waals surface area contributed by atoms with E-state index >= 15 is 0 Å². The number of nitrogens with one attached hydrogen (secondary N) is 1. The molecule has 0 bridgehead atoms. The van der Waals surface area contributed by atoms with E-state index in [2.05, 4.69) is 5.32 Å². The standard InChI is InChI=1S/C19H21NO4/c1-2-15-7-3-4-9-17(15)24-13-18(21)20-11-10-14-6-5-8-16(12-14)19(22)23/h3-9,12H,2,10-11,13H2,1H3,(H,20,21)(H,22,23). The number of carboxylic acid groups (broad SMARTS) is 1. The van der Waals surface area contributed by atoms with Crippen molar-refractivity contribution in [2.45, 2.75) is 19.8 Å². The van der Waals surface area contributed by atoms with Crippen molar-refractivity contribution in [2.75, 3.05) is 13.2 Å². The second kappa shape index (κ2) is 8.72. The summed E-state index contributed by atoms with van der Waals surface area (Å²) in [4.78, 5) is 22.8. The van der Waals surface area contributed by atoms with Gasteiger partial charge in [0.15, 0.2) is 6.61 Å². The van der Waals surface area contributed by atoms with Crippen molar-refractivity contribution in [3.63, 3.8) is 0 Å². The third kappa shape index (κ3) is 5.12. The van der Waals surface area contributed by atoms with E-state index in [9.17, 15) is 9.59 Å². The first-order valence-corrected chi connectivity index (χ1v) is 7.89. The van der Waals surface area contributed by atoms with Crippen molar-refractivity contribution in [3.8, 4) is 5.75 Å². The fourth-order valence-electron chi connectivity index (χ4n) is 2.34. The topological polar surface area (TPSA) is 75.6 Å². The van der Waals surface area contributed by atoms with Crippen LogP contribution in [0.25, 0.3) is 0 Å². The van der Waals surface area contributed by atoms with Gasteiger partial charge in [-0.15, -0.1) is 0 Å². The minimum atomic E-state index is -0.955. The molecule has 5 nitrogen and oxygen atoms in total. The van der Waals surface area contributed by atoms with Crippen LogP contribution in [0.5, 0.6) is 5.75 Å². The normalized spacial score (nSPS) is 10.2. The molecule has 0 saturated heterocycles. The monoisotopic (exact) mass is 327 g/mol. The molecule has 0 fully saturated rings. The van der Waals surface area contributed by atoms with Gasteiger partial charge in [-0.25, -0.2) is 4.79 Å². The van der Waals surface area contributed by atoms with Gasteiger partial charge in [0.2, 0.25) is 0 Å². The van der Waals surface area contributed by atoms with Crippen molar-refractivity contribution in [3.05, 3.63) is 65.2 Å². The Bertz CT molecular complexity index is 712. The lowest BCUT2D eigenvalue weighted by molar-refractivity contribution is -0.123. The fraction of sp³-hybridized carbons (Fsp3) is 0.263. The SMILES string of the molecule is CCc1ccccc1OCC(=O)NCCc1cccc(C(=O)O)c1. The Hall–Kier alpha value is -2.82. The Morgan fingerprint density at radius 1 is 1.12 bits per heavy atom. The van der Waals surface area contributed by atoms with Crippen LogP contribution in [0.3, 0.4) is 0 Å². The molecular weight excluding hydrogens is 306 g/mol. The molecule has 0 aliphatic carbocycles. The lowest BCUT2D eigenvalue weighted by atomic mass is 10.1. The molecule has 0 atom stereocenters. The summed E-state index contributed by atoms with van der Waals surface area (Å²) in [6.07, 6.45) is 1.41. The molecule has 0 saturated carbocycles. The van der Waals surface area contributed by atoms with Crippen LogP contribution in [0.4, 0.5) is 0 Å². The number of amides is 1. The maximum absolute atomic E-state index is 11.9. The van der Waals surface area contributed by atoms with E-state index in [0.717, 1.165) is 23.3 Å². The summed E-state index contributed by atoms with van der Waals surface area (Å²) in [6.45, 7) is 2.43. The average molecular weight is 327 g/mol. The van der Waals surface area contributed by atoms with E-state index in [4.69, 9.17) is 9.84 Å². The first-order valence-electron chi connectivity index (χ1n) is 7.89. The molecule has 1 amide bonds. The zero-order valence-electron chi connectivity index (χ0n) is 13.6. The van der Waals surface area contributed by atoms with Crippen molar-refractivity contribution >= 4 is 11.9 Å². The summed E-state index contributed by atoms with van der Waals surface area (Å²) in [7, 11) is 0. The highest BCUT2D eigenvalue weighted by molar-refractivity contribution is 5.87. The number of hydrogen-bond acceptors (Lipinski definition) is 3. The molecule has 0 heterocycles. The van der Waals surface area contributed by atoms with Crippen LogP contribution in [-0.2, 0) is 17.6 Å². The molecule has 2 N–H and O–H groups in total. The summed E-state index contributed by atoms with van der Waals surface area (Å²) in [6, 6.07) is 14.3. The Morgan fingerprint density at radius 2 is 1.92 bits per heavy atom. The zero-order valence-corrected chi connectivity index (χ0v) is 13.6. The molecule has 2 aromatic rings. The highest BCUT2D eigenvalue weighted by atomic mass is 16.5. The third-order valence-electron chi connectivity index (χ3n) is 3.62. The van der Waals surface area contributed by atoms with Gasteiger partial charge in [-0.05, 0) is 42.2 Å². The van der Waals surface area contributed by atoms with Gasteiger partial charge >= 0.3 is 5.97 Å². The Labute approximate surface area is 141 Å². The van der Waals surface area contributed by atoms with Crippen LogP contribution in [0, 0.1) is 0 Å². The van der Waals surface area contributed by atoms with Gasteiger partial charge in [0.1, 0.15) is 5.75 Å².